The molecular formula is C27H28FN3O5S2. The van der Waals surface area contributed by atoms with Gasteiger partial charge in [-0.3, -0.25) is 4.79 Å². The summed E-state index contributed by atoms with van der Waals surface area (Å²) in [6, 6.07) is 16.2. The number of carbonyl (C=O) groups excluding carboxylic acids is 1. The van der Waals surface area contributed by atoms with Crippen LogP contribution in [0.15, 0.2) is 81.7 Å². The third-order valence-electron chi connectivity index (χ3n) is 6.22. The van der Waals surface area contributed by atoms with Gasteiger partial charge in [-0.15, -0.1) is 11.3 Å². The van der Waals surface area contributed by atoms with Crippen LogP contribution in [0.5, 0.6) is 0 Å². The first-order valence-electron chi connectivity index (χ1n) is 11.9. The van der Waals surface area contributed by atoms with E-state index in [2.05, 4.69) is 10.5 Å². The quantitative estimate of drug-likeness (QED) is 0.287. The number of halogens is 1. The maximum Gasteiger partial charge on any atom is 0.251 e. The zero-order chi connectivity index (χ0) is 27.3. The molecule has 4 rings (SSSR count). The lowest BCUT2D eigenvalue weighted by Crippen LogP contribution is -2.50. The SMILES string of the molecule is Cc1oncc1S(=O)(=O)N(Cc1cccs1)CC(O)C(Cc1ccccc1)NC(=O)c1cccc(F)c1C. The van der Waals surface area contributed by atoms with Gasteiger partial charge in [0.25, 0.3) is 5.91 Å². The Morgan fingerprint density at radius 3 is 2.55 bits per heavy atom. The molecule has 0 bridgehead atoms. The van der Waals surface area contributed by atoms with Crippen molar-refractivity contribution in [3.63, 3.8) is 0 Å². The van der Waals surface area contributed by atoms with Crippen molar-refractivity contribution in [2.75, 3.05) is 6.54 Å². The van der Waals surface area contributed by atoms with Gasteiger partial charge in [-0.25, -0.2) is 12.8 Å². The van der Waals surface area contributed by atoms with E-state index in [0.717, 1.165) is 20.9 Å². The standard InChI is InChI=1S/C27H28FN3O5S2/c1-18-22(11-6-12-23(18)28)27(33)30-24(14-20-8-4-3-5-9-20)25(32)17-31(16-21-10-7-13-37-21)38(34,35)26-15-29-36-19(26)2/h3-13,15,24-25,32H,14,16-17H2,1-2H3,(H,30,33). The highest BCUT2D eigenvalue weighted by Crippen LogP contribution is 2.24. The normalized spacial score (nSPS) is 13.4. The van der Waals surface area contributed by atoms with Gasteiger partial charge in [-0.2, -0.15) is 4.31 Å². The van der Waals surface area contributed by atoms with E-state index in [-0.39, 0.29) is 41.3 Å². The number of nitrogens with zero attached hydrogens (tertiary/aromatic N) is 2. The van der Waals surface area contributed by atoms with E-state index in [1.54, 1.807) is 6.07 Å². The molecular weight excluding hydrogens is 529 g/mol. The third-order valence-corrected chi connectivity index (χ3v) is 8.99. The molecule has 2 atom stereocenters. The van der Waals surface area contributed by atoms with Crippen molar-refractivity contribution in [2.45, 2.75) is 43.9 Å². The fraction of sp³-hybridized carbons (Fsp3) is 0.259. The number of benzene rings is 2. The molecule has 0 radical (unpaired) electrons. The molecule has 0 aliphatic rings. The van der Waals surface area contributed by atoms with Gasteiger partial charge >= 0.3 is 0 Å². The van der Waals surface area contributed by atoms with Gasteiger partial charge in [0, 0.05) is 23.5 Å². The maximum atomic E-state index is 14.1. The molecule has 0 saturated heterocycles. The topological polar surface area (TPSA) is 113 Å². The summed E-state index contributed by atoms with van der Waals surface area (Å²) in [5.41, 5.74) is 1.15. The molecule has 2 aromatic heterocycles. The summed E-state index contributed by atoms with van der Waals surface area (Å²) in [7, 11) is -4.10. The fourth-order valence-corrected chi connectivity index (χ4v) is 6.40. The van der Waals surface area contributed by atoms with Crippen molar-refractivity contribution in [2.24, 2.45) is 0 Å². The molecule has 2 heterocycles. The lowest BCUT2D eigenvalue weighted by atomic mass is 9.99. The number of carbonyl (C=O) groups is 1. The molecule has 8 nitrogen and oxygen atoms in total. The number of rotatable bonds is 11. The Labute approximate surface area is 224 Å². The summed E-state index contributed by atoms with van der Waals surface area (Å²) in [6.45, 7) is 2.70. The third kappa shape index (κ3) is 6.36. The highest BCUT2D eigenvalue weighted by atomic mass is 32.2. The zero-order valence-electron chi connectivity index (χ0n) is 20.9. The van der Waals surface area contributed by atoms with Crippen LogP contribution < -0.4 is 5.32 Å². The Morgan fingerprint density at radius 1 is 1.13 bits per heavy atom. The first kappa shape index (κ1) is 27.6. The van der Waals surface area contributed by atoms with E-state index in [0.29, 0.717) is 0 Å². The molecule has 0 aliphatic heterocycles. The molecule has 0 saturated carbocycles. The molecule has 2 aromatic carbocycles. The number of amides is 1. The summed E-state index contributed by atoms with van der Waals surface area (Å²) in [6.07, 6.45) is 0.0540. The maximum absolute atomic E-state index is 14.1. The Morgan fingerprint density at radius 2 is 1.89 bits per heavy atom. The van der Waals surface area contributed by atoms with Gasteiger partial charge in [0.1, 0.15) is 10.7 Å². The predicted molar refractivity (Wildman–Crippen MR) is 142 cm³/mol. The summed E-state index contributed by atoms with van der Waals surface area (Å²) < 4.78 is 47.4. The molecule has 0 spiro atoms. The number of hydrogen-bond acceptors (Lipinski definition) is 7. The van der Waals surface area contributed by atoms with E-state index in [9.17, 15) is 22.7 Å². The number of thiophene rings is 1. The van der Waals surface area contributed by atoms with Gasteiger partial charge in [-0.05, 0) is 55.0 Å². The first-order valence-corrected chi connectivity index (χ1v) is 14.2. The molecule has 11 heteroatoms. The number of aliphatic hydroxyl groups is 1. The molecule has 0 fully saturated rings. The molecule has 4 aromatic rings. The van der Waals surface area contributed by atoms with Gasteiger partial charge in [0.2, 0.25) is 10.0 Å². The Hall–Kier alpha value is -3.38. The van der Waals surface area contributed by atoms with E-state index in [4.69, 9.17) is 4.52 Å². The minimum atomic E-state index is -4.10. The van der Waals surface area contributed by atoms with Gasteiger partial charge in [-0.1, -0.05) is 47.6 Å². The van der Waals surface area contributed by atoms with Crippen LogP contribution in [0.1, 0.15) is 32.1 Å². The van der Waals surface area contributed by atoms with E-state index in [1.165, 1.54) is 43.4 Å². The Bertz CT molecular complexity index is 1470. The predicted octanol–water partition coefficient (Wildman–Crippen LogP) is 4.09. The van der Waals surface area contributed by atoms with E-state index >= 15 is 0 Å². The van der Waals surface area contributed by atoms with E-state index < -0.39 is 33.9 Å². The van der Waals surface area contributed by atoms with Crippen LogP contribution in [0.25, 0.3) is 0 Å². The van der Waals surface area contributed by atoms with Gasteiger partial charge in [0.05, 0.1) is 18.3 Å². The number of aromatic nitrogens is 1. The van der Waals surface area contributed by atoms with Crippen LogP contribution >= 0.6 is 11.3 Å². The highest BCUT2D eigenvalue weighted by molar-refractivity contribution is 7.89. The van der Waals surface area contributed by atoms with Crippen molar-refractivity contribution in [3.8, 4) is 0 Å². The first-order chi connectivity index (χ1) is 18.2. The van der Waals surface area contributed by atoms with Crippen molar-refractivity contribution in [3.05, 3.63) is 105 Å². The van der Waals surface area contributed by atoms with Crippen molar-refractivity contribution in [1.82, 2.24) is 14.8 Å². The monoisotopic (exact) mass is 557 g/mol. The van der Waals surface area contributed by atoms with Crippen LogP contribution in [0.4, 0.5) is 4.39 Å². The highest BCUT2D eigenvalue weighted by Gasteiger charge is 2.33. The smallest absolute Gasteiger partial charge is 0.251 e. The number of nitrogens with one attached hydrogen (secondary N) is 1. The summed E-state index contributed by atoms with van der Waals surface area (Å²) >= 11 is 1.39. The zero-order valence-corrected chi connectivity index (χ0v) is 22.5. The number of aliphatic hydroxyl groups excluding tert-OH is 1. The average molecular weight is 558 g/mol. The van der Waals surface area contributed by atoms with Crippen molar-refractivity contribution >= 4 is 27.3 Å². The minimum Gasteiger partial charge on any atom is -0.390 e. The fourth-order valence-electron chi connectivity index (χ4n) is 4.09. The number of sulfonamides is 1. The molecule has 38 heavy (non-hydrogen) atoms. The largest absolute Gasteiger partial charge is 0.390 e. The minimum absolute atomic E-state index is 0.0106. The molecule has 1 amide bonds. The van der Waals surface area contributed by atoms with Crippen LogP contribution in [-0.2, 0) is 23.0 Å². The van der Waals surface area contributed by atoms with E-state index in [1.807, 2.05) is 41.8 Å². The Kier molecular flexibility index (Phi) is 8.72. The Balaban J connectivity index is 1.64. The number of hydrogen-bond donors (Lipinski definition) is 2. The second-order valence-corrected chi connectivity index (χ2v) is 11.8. The molecule has 2 N–H and O–H groups in total. The van der Waals surface area contributed by atoms with Crippen LogP contribution in [0.2, 0.25) is 0 Å². The summed E-state index contributed by atoms with van der Waals surface area (Å²) in [5.74, 6) is -0.953. The van der Waals surface area contributed by atoms with Crippen molar-refractivity contribution < 1.29 is 27.2 Å². The van der Waals surface area contributed by atoms with Crippen LogP contribution in [0, 0.1) is 19.7 Å². The number of aryl methyl sites for hydroxylation is 1. The summed E-state index contributed by atoms with van der Waals surface area (Å²) in [5, 5.41) is 19.6. The summed E-state index contributed by atoms with van der Waals surface area (Å²) in [4.78, 5) is 13.8. The van der Waals surface area contributed by atoms with Crippen LogP contribution in [-0.4, -0.2) is 47.6 Å². The van der Waals surface area contributed by atoms with Gasteiger partial charge in [0.15, 0.2) is 5.76 Å². The second-order valence-electron chi connectivity index (χ2n) is 8.87. The molecule has 200 valence electrons. The van der Waals surface area contributed by atoms with Crippen LogP contribution in [0.3, 0.4) is 0 Å². The lowest BCUT2D eigenvalue weighted by Gasteiger charge is -2.29. The molecule has 2 unspecified atom stereocenters. The second kappa shape index (κ2) is 12.0. The van der Waals surface area contributed by atoms with Gasteiger partial charge < -0.3 is 14.9 Å². The average Bonchev–Trinajstić information content (AvgIpc) is 3.57. The molecule has 0 aliphatic carbocycles. The van der Waals surface area contributed by atoms with Crippen molar-refractivity contribution in [1.29, 1.82) is 0 Å². The lowest BCUT2D eigenvalue weighted by molar-refractivity contribution is 0.0778.